The average molecular weight is 186 g/mol. The van der Waals surface area contributed by atoms with Crippen LogP contribution in [0.25, 0.3) is 0 Å². The summed E-state index contributed by atoms with van der Waals surface area (Å²) >= 11 is 5.45. The van der Waals surface area contributed by atoms with Gasteiger partial charge < -0.3 is 10.5 Å². The Labute approximate surface area is 77.3 Å². The fourth-order valence-electron chi connectivity index (χ4n) is 1.07. The molecule has 0 atom stereocenters. The van der Waals surface area contributed by atoms with Gasteiger partial charge >= 0.3 is 0 Å². The molecule has 0 fully saturated rings. The summed E-state index contributed by atoms with van der Waals surface area (Å²) < 4.78 is 5.20. The van der Waals surface area contributed by atoms with Gasteiger partial charge in [-0.05, 0) is 24.6 Å². The molecular formula is C9H12ClNO. The van der Waals surface area contributed by atoms with Crippen molar-refractivity contribution in [2.24, 2.45) is 5.73 Å². The lowest BCUT2D eigenvalue weighted by Gasteiger charge is -2.07. The quantitative estimate of drug-likeness (QED) is 0.726. The Morgan fingerprint density at radius 3 is 2.75 bits per heavy atom. The molecule has 0 amide bonds. The molecule has 0 aliphatic carbocycles. The predicted molar refractivity (Wildman–Crippen MR) is 50.5 cm³/mol. The first-order valence-corrected chi connectivity index (χ1v) is 4.38. The summed E-state index contributed by atoms with van der Waals surface area (Å²) in [5.41, 5.74) is 6.55. The lowest BCUT2D eigenvalue weighted by Crippen LogP contribution is -2.04. The van der Waals surface area contributed by atoms with E-state index in [1.54, 1.807) is 0 Å². The van der Waals surface area contributed by atoms with Crippen LogP contribution in [0.15, 0.2) is 24.3 Å². The molecule has 0 radical (unpaired) electrons. The third-order valence-electron chi connectivity index (χ3n) is 1.60. The first kappa shape index (κ1) is 9.36. The molecule has 0 aromatic heterocycles. The van der Waals surface area contributed by atoms with Crippen LogP contribution in [0.1, 0.15) is 5.56 Å². The van der Waals surface area contributed by atoms with Gasteiger partial charge in [-0.25, -0.2) is 0 Å². The molecular weight excluding hydrogens is 174 g/mol. The number of alkyl halides is 1. The van der Waals surface area contributed by atoms with Gasteiger partial charge in [-0.2, -0.15) is 0 Å². The van der Waals surface area contributed by atoms with Crippen molar-refractivity contribution in [1.29, 1.82) is 0 Å². The van der Waals surface area contributed by atoms with Crippen LogP contribution in [0, 0.1) is 0 Å². The molecule has 66 valence electrons. The molecule has 1 aromatic rings. The Morgan fingerprint density at radius 2 is 2.08 bits per heavy atom. The third-order valence-corrected chi connectivity index (χ3v) is 1.71. The molecule has 3 heteroatoms. The number of benzene rings is 1. The van der Waals surface area contributed by atoms with Crippen molar-refractivity contribution in [3.63, 3.8) is 0 Å². The maximum absolute atomic E-state index is 5.45. The Morgan fingerprint density at radius 1 is 1.33 bits per heavy atom. The minimum atomic E-state index is 0.182. The second-order valence-corrected chi connectivity index (χ2v) is 2.62. The van der Waals surface area contributed by atoms with E-state index in [4.69, 9.17) is 22.1 Å². The van der Waals surface area contributed by atoms with E-state index in [-0.39, 0.29) is 6.07 Å². The van der Waals surface area contributed by atoms with Crippen molar-refractivity contribution in [3.8, 4) is 5.75 Å². The Bertz CT molecular complexity index is 215. The number of hydrogen-bond acceptors (Lipinski definition) is 2. The number of nitrogens with two attached hydrogens (primary N) is 1. The smallest absolute Gasteiger partial charge is 0.162 e. The molecule has 0 aliphatic heterocycles. The van der Waals surface area contributed by atoms with Gasteiger partial charge in [0.2, 0.25) is 0 Å². The highest BCUT2D eigenvalue weighted by Crippen LogP contribution is 2.18. The van der Waals surface area contributed by atoms with Gasteiger partial charge in [-0.3, -0.25) is 0 Å². The van der Waals surface area contributed by atoms with E-state index in [9.17, 15) is 0 Å². The highest BCUT2D eigenvalue weighted by Gasteiger charge is 1.99. The first-order chi connectivity index (χ1) is 5.88. The minimum Gasteiger partial charge on any atom is -0.478 e. The monoisotopic (exact) mass is 185 g/mol. The SMILES string of the molecule is NCCc1ccccc1OCCl. The Balaban J connectivity index is 2.77. The fourth-order valence-corrected chi connectivity index (χ4v) is 1.18. The molecule has 12 heavy (non-hydrogen) atoms. The number of para-hydroxylation sites is 1. The molecule has 0 bridgehead atoms. The normalized spacial score (nSPS) is 9.83. The van der Waals surface area contributed by atoms with E-state index in [2.05, 4.69) is 0 Å². The van der Waals surface area contributed by atoms with E-state index in [1.807, 2.05) is 24.3 Å². The molecule has 0 aliphatic rings. The van der Waals surface area contributed by atoms with Crippen LogP contribution < -0.4 is 10.5 Å². The van der Waals surface area contributed by atoms with Crippen LogP contribution in [0.4, 0.5) is 0 Å². The lowest BCUT2D eigenvalue weighted by molar-refractivity contribution is 0.383. The molecule has 2 nitrogen and oxygen atoms in total. The average Bonchev–Trinajstić information content (AvgIpc) is 2.09. The zero-order valence-electron chi connectivity index (χ0n) is 6.79. The van der Waals surface area contributed by atoms with E-state index < -0.39 is 0 Å². The summed E-state index contributed by atoms with van der Waals surface area (Å²) in [6, 6.07) is 7.96. The predicted octanol–water partition coefficient (Wildman–Crippen LogP) is 1.76. The van der Waals surface area contributed by atoms with Crippen molar-refractivity contribution in [2.45, 2.75) is 6.42 Å². The van der Waals surface area contributed by atoms with Crippen LogP contribution >= 0.6 is 11.6 Å². The summed E-state index contributed by atoms with van der Waals surface area (Å²) in [7, 11) is 0. The molecule has 2 N–H and O–H groups in total. The Hall–Kier alpha value is -0.730. The van der Waals surface area contributed by atoms with Crippen LogP contribution in [0.3, 0.4) is 0 Å². The summed E-state index contributed by atoms with van der Waals surface area (Å²) in [5.74, 6) is 0.831. The fraction of sp³-hybridized carbons (Fsp3) is 0.333. The highest BCUT2D eigenvalue weighted by atomic mass is 35.5. The molecule has 0 saturated heterocycles. The second-order valence-electron chi connectivity index (χ2n) is 2.40. The van der Waals surface area contributed by atoms with Crippen LogP contribution in [-0.2, 0) is 6.42 Å². The largest absolute Gasteiger partial charge is 0.478 e. The molecule has 1 rings (SSSR count). The van der Waals surface area contributed by atoms with E-state index >= 15 is 0 Å². The summed E-state index contributed by atoms with van der Waals surface area (Å²) in [4.78, 5) is 0. The van der Waals surface area contributed by atoms with Gasteiger partial charge in [0.05, 0.1) is 0 Å². The van der Waals surface area contributed by atoms with E-state index in [0.29, 0.717) is 6.54 Å². The number of ether oxygens (including phenoxy) is 1. The zero-order valence-corrected chi connectivity index (χ0v) is 7.55. The van der Waals surface area contributed by atoms with E-state index in [0.717, 1.165) is 17.7 Å². The summed E-state index contributed by atoms with van der Waals surface area (Å²) in [6.07, 6.45) is 0.826. The molecule has 1 aromatic carbocycles. The molecule has 0 heterocycles. The zero-order chi connectivity index (χ0) is 8.81. The van der Waals surface area contributed by atoms with Gasteiger partial charge in [0, 0.05) is 0 Å². The molecule has 0 unspecified atom stereocenters. The lowest BCUT2D eigenvalue weighted by atomic mass is 10.1. The van der Waals surface area contributed by atoms with Gasteiger partial charge in [0.1, 0.15) is 5.75 Å². The minimum absolute atomic E-state index is 0.182. The van der Waals surface area contributed by atoms with E-state index in [1.165, 1.54) is 0 Å². The van der Waals surface area contributed by atoms with Crippen molar-refractivity contribution < 1.29 is 4.74 Å². The summed E-state index contributed by atoms with van der Waals surface area (Å²) in [5, 5.41) is 0. The highest BCUT2D eigenvalue weighted by molar-refractivity contribution is 6.17. The van der Waals surface area contributed by atoms with Crippen molar-refractivity contribution in [2.75, 3.05) is 12.6 Å². The maximum Gasteiger partial charge on any atom is 0.162 e. The van der Waals surface area contributed by atoms with Crippen LogP contribution in [-0.4, -0.2) is 12.6 Å². The van der Waals surface area contributed by atoms with Crippen molar-refractivity contribution in [3.05, 3.63) is 29.8 Å². The van der Waals surface area contributed by atoms with Gasteiger partial charge in [-0.1, -0.05) is 29.8 Å². The topological polar surface area (TPSA) is 35.2 Å². The van der Waals surface area contributed by atoms with Crippen LogP contribution in [0.2, 0.25) is 0 Å². The number of halogens is 1. The Kier molecular flexibility index (Phi) is 3.91. The molecule has 0 spiro atoms. The van der Waals surface area contributed by atoms with Gasteiger partial charge in [0.15, 0.2) is 6.07 Å². The van der Waals surface area contributed by atoms with Crippen molar-refractivity contribution in [1.82, 2.24) is 0 Å². The number of hydrogen-bond donors (Lipinski definition) is 1. The molecule has 0 saturated carbocycles. The maximum atomic E-state index is 5.45. The second kappa shape index (κ2) is 5.01. The third kappa shape index (κ3) is 2.40. The number of rotatable bonds is 4. The van der Waals surface area contributed by atoms with Gasteiger partial charge in [0.25, 0.3) is 0 Å². The standard InChI is InChI=1S/C9H12ClNO/c10-7-12-9-4-2-1-3-8(9)5-6-11/h1-4H,5-7,11H2. The van der Waals surface area contributed by atoms with Crippen LogP contribution in [0.5, 0.6) is 5.75 Å². The van der Waals surface area contributed by atoms with Crippen molar-refractivity contribution >= 4 is 11.6 Å². The summed E-state index contributed by atoms with van der Waals surface area (Å²) in [6.45, 7) is 0.628. The first-order valence-electron chi connectivity index (χ1n) is 3.85. The van der Waals surface area contributed by atoms with Gasteiger partial charge in [-0.15, -0.1) is 0 Å².